The van der Waals surface area contributed by atoms with Crippen LogP contribution in [-0.2, 0) is 4.79 Å². The van der Waals surface area contributed by atoms with Gasteiger partial charge in [0.1, 0.15) is 11.5 Å². The molecular weight excluding hydrogens is 272 g/mol. The molecule has 1 aromatic heterocycles. The first kappa shape index (κ1) is 14.8. The molecule has 0 spiro atoms. The van der Waals surface area contributed by atoms with Gasteiger partial charge in [-0.05, 0) is 31.2 Å². The Labute approximate surface area is 122 Å². The van der Waals surface area contributed by atoms with Gasteiger partial charge >= 0.3 is 0 Å². The predicted molar refractivity (Wildman–Crippen MR) is 76.5 cm³/mol. The van der Waals surface area contributed by atoms with Crippen LogP contribution in [-0.4, -0.2) is 23.3 Å². The number of carbonyl (C=O) groups excluding carboxylic acids is 2. The lowest BCUT2D eigenvalue weighted by molar-refractivity contribution is -0.114. The van der Waals surface area contributed by atoms with E-state index in [0.717, 1.165) is 0 Å². The molecule has 0 saturated carbocycles. The molecule has 0 bridgehead atoms. The molecule has 0 aliphatic rings. The number of Topliss-reactive ketones (excluding diaryl/α,β-unsaturated/α-hetero) is 1. The van der Waals surface area contributed by atoms with Crippen molar-refractivity contribution in [2.24, 2.45) is 0 Å². The van der Waals surface area contributed by atoms with E-state index in [4.69, 9.17) is 9.15 Å². The largest absolute Gasteiger partial charge is 0.485 e. The van der Waals surface area contributed by atoms with Crippen LogP contribution in [0.4, 0.5) is 5.69 Å². The third-order valence-corrected chi connectivity index (χ3v) is 2.71. The van der Waals surface area contributed by atoms with E-state index in [9.17, 15) is 9.59 Å². The second kappa shape index (κ2) is 6.21. The zero-order chi connectivity index (χ0) is 15.4. The summed E-state index contributed by atoms with van der Waals surface area (Å²) in [6.07, 6.45) is 0. The molecule has 2 rings (SSSR count). The molecule has 0 aliphatic heterocycles. The summed E-state index contributed by atoms with van der Waals surface area (Å²) in [5, 5.41) is 2.65. The third-order valence-electron chi connectivity index (χ3n) is 2.71. The smallest absolute Gasteiger partial charge is 0.222 e. The number of aryl methyl sites for hydroxylation is 2. The Kier molecular flexibility index (Phi) is 4.37. The number of benzene rings is 1. The predicted octanol–water partition coefficient (Wildman–Crippen LogP) is 2.51. The van der Waals surface area contributed by atoms with Crippen LogP contribution in [0.25, 0.3) is 0 Å². The highest BCUT2D eigenvalue weighted by Crippen LogP contribution is 2.16. The quantitative estimate of drug-likeness (QED) is 0.855. The van der Waals surface area contributed by atoms with Gasteiger partial charge in [0.2, 0.25) is 11.7 Å². The maximum atomic E-state index is 12.0. The number of oxazole rings is 1. The Morgan fingerprint density at radius 1 is 1.24 bits per heavy atom. The number of hydrogen-bond donors (Lipinski definition) is 1. The number of aromatic nitrogens is 1. The molecule has 1 amide bonds. The molecule has 0 fully saturated rings. The first-order valence-corrected chi connectivity index (χ1v) is 6.43. The van der Waals surface area contributed by atoms with E-state index >= 15 is 0 Å². The molecule has 110 valence electrons. The normalized spacial score (nSPS) is 10.2. The summed E-state index contributed by atoms with van der Waals surface area (Å²) in [7, 11) is 0. The van der Waals surface area contributed by atoms with Crippen molar-refractivity contribution in [3.05, 3.63) is 41.6 Å². The van der Waals surface area contributed by atoms with Gasteiger partial charge in [0.05, 0.1) is 0 Å². The van der Waals surface area contributed by atoms with Crippen LogP contribution in [0.5, 0.6) is 5.75 Å². The minimum absolute atomic E-state index is 0.119. The molecule has 0 saturated heterocycles. The van der Waals surface area contributed by atoms with Crippen molar-refractivity contribution < 1.29 is 18.7 Å². The molecule has 1 N–H and O–H groups in total. The van der Waals surface area contributed by atoms with Gasteiger partial charge in [-0.1, -0.05) is 0 Å². The number of nitrogens with zero attached hydrogens (tertiary/aromatic N) is 1. The lowest BCUT2D eigenvalue weighted by Crippen LogP contribution is -2.13. The summed E-state index contributed by atoms with van der Waals surface area (Å²) in [6.45, 7) is 4.69. The van der Waals surface area contributed by atoms with E-state index in [2.05, 4.69) is 10.3 Å². The molecule has 1 heterocycles. The van der Waals surface area contributed by atoms with E-state index in [1.165, 1.54) is 6.92 Å². The first-order valence-electron chi connectivity index (χ1n) is 6.43. The van der Waals surface area contributed by atoms with Crippen LogP contribution in [0.3, 0.4) is 0 Å². The number of anilines is 1. The Bertz CT molecular complexity index is 659. The fourth-order valence-corrected chi connectivity index (χ4v) is 1.84. The Hall–Kier alpha value is -2.63. The SMILES string of the molecule is CC(=O)Nc1ccc(OCC(=O)c2nc(C)oc2C)cc1. The number of nitrogens with one attached hydrogen (secondary N) is 1. The van der Waals surface area contributed by atoms with E-state index in [1.54, 1.807) is 38.1 Å². The van der Waals surface area contributed by atoms with Gasteiger partial charge < -0.3 is 14.5 Å². The molecule has 0 atom stereocenters. The van der Waals surface area contributed by atoms with Crippen molar-refractivity contribution in [1.29, 1.82) is 0 Å². The van der Waals surface area contributed by atoms with Crippen molar-refractivity contribution >= 4 is 17.4 Å². The zero-order valence-electron chi connectivity index (χ0n) is 12.1. The maximum Gasteiger partial charge on any atom is 0.222 e. The Morgan fingerprint density at radius 2 is 1.90 bits per heavy atom. The van der Waals surface area contributed by atoms with E-state index in [-0.39, 0.29) is 18.3 Å². The molecule has 2 aromatic rings. The molecular formula is C15H16N2O4. The lowest BCUT2D eigenvalue weighted by Gasteiger charge is -2.06. The molecule has 0 unspecified atom stereocenters. The zero-order valence-corrected chi connectivity index (χ0v) is 12.1. The number of ketones is 1. The van der Waals surface area contributed by atoms with Crippen LogP contribution in [0.1, 0.15) is 29.1 Å². The summed E-state index contributed by atoms with van der Waals surface area (Å²) in [5.41, 5.74) is 0.964. The van der Waals surface area contributed by atoms with Crippen LogP contribution < -0.4 is 10.1 Å². The first-order chi connectivity index (χ1) is 9.95. The number of hydrogen-bond acceptors (Lipinski definition) is 5. The Morgan fingerprint density at radius 3 is 2.43 bits per heavy atom. The molecule has 21 heavy (non-hydrogen) atoms. The van der Waals surface area contributed by atoms with Gasteiger partial charge in [-0.2, -0.15) is 0 Å². The molecule has 6 heteroatoms. The van der Waals surface area contributed by atoms with Gasteiger partial charge in [0, 0.05) is 19.5 Å². The summed E-state index contributed by atoms with van der Waals surface area (Å²) >= 11 is 0. The third kappa shape index (κ3) is 3.92. The Balaban J connectivity index is 1.95. The van der Waals surface area contributed by atoms with E-state index in [0.29, 0.717) is 28.8 Å². The number of amides is 1. The summed E-state index contributed by atoms with van der Waals surface area (Å²) in [6, 6.07) is 6.76. The molecule has 0 aliphatic carbocycles. The fourth-order valence-electron chi connectivity index (χ4n) is 1.84. The van der Waals surface area contributed by atoms with Gasteiger partial charge in [0.15, 0.2) is 18.2 Å². The second-order valence-electron chi connectivity index (χ2n) is 4.56. The molecule has 0 radical (unpaired) electrons. The van der Waals surface area contributed by atoms with Gasteiger partial charge in [-0.3, -0.25) is 9.59 Å². The summed E-state index contributed by atoms with van der Waals surface area (Å²) in [5.74, 6) is 1.10. The summed E-state index contributed by atoms with van der Waals surface area (Å²) < 4.78 is 10.6. The van der Waals surface area contributed by atoms with Crippen molar-refractivity contribution in [2.75, 3.05) is 11.9 Å². The van der Waals surface area contributed by atoms with Crippen molar-refractivity contribution in [1.82, 2.24) is 4.98 Å². The standard InChI is InChI=1S/C15H16N2O4/c1-9-15(17-11(3)21-9)14(19)8-20-13-6-4-12(5-7-13)16-10(2)18/h4-7H,8H2,1-3H3,(H,16,18). The minimum Gasteiger partial charge on any atom is -0.485 e. The number of carbonyl (C=O) groups is 2. The second-order valence-corrected chi connectivity index (χ2v) is 4.56. The monoisotopic (exact) mass is 288 g/mol. The summed E-state index contributed by atoms with van der Waals surface area (Å²) in [4.78, 5) is 26.9. The van der Waals surface area contributed by atoms with E-state index in [1.807, 2.05) is 0 Å². The molecule has 1 aromatic carbocycles. The van der Waals surface area contributed by atoms with Gasteiger partial charge in [-0.15, -0.1) is 0 Å². The van der Waals surface area contributed by atoms with E-state index < -0.39 is 0 Å². The maximum absolute atomic E-state index is 12.0. The van der Waals surface area contributed by atoms with Crippen LogP contribution >= 0.6 is 0 Å². The topological polar surface area (TPSA) is 81.4 Å². The highest BCUT2D eigenvalue weighted by Gasteiger charge is 2.16. The van der Waals surface area contributed by atoms with Crippen LogP contribution in [0, 0.1) is 13.8 Å². The highest BCUT2D eigenvalue weighted by molar-refractivity contribution is 5.96. The van der Waals surface area contributed by atoms with Crippen molar-refractivity contribution in [3.8, 4) is 5.75 Å². The molecule has 6 nitrogen and oxygen atoms in total. The number of rotatable bonds is 5. The minimum atomic E-state index is -0.240. The fraction of sp³-hybridized carbons (Fsp3) is 0.267. The van der Waals surface area contributed by atoms with Gasteiger partial charge in [0.25, 0.3) is 0 Å². The van der Waals surface area contributed by atoms with Crippen LogP contribution in [0.15, 0.2) is 28.7 Å². The van der Waals surface area contributed by atoms with Crippen LogP contribution in [0.2, 0.25) is 0 Å². The van der Waals surface area contributed by atoms with Gasteiger partial charge in [-0.25, -0.2) is 4.98 Å². The highest BCUT2D eigenvalue weighted by atomic mass is 16.5. The lowest BCUT2D eigenvalue weighted by atomic mass is 10.2. The number of ether oxygens (including phenoxy) is 1. The van der Waals surface area contributed by atoms with Crippen molar-refractivity contribution in [2.45, 2.75) is 20.8 Å². The average Bonchev–Trinajstić information content (AvgIpc) is 2.76. The average molecular weight is 288 g/mol. The van der Waals surface area contributed by atoms with Crippen molar-refractivity contribution in [3.63, 3.8) is 0 Å².